The molecule has 1 aliphatic rings. The highest BCUT2D eigenvalue weighted by atomic mass is 16.2. The number of amidine groups is 1. The summed E-state index contributed by atoms with van der Waals surface area (Å²) in [6, 6.07) is 7.73. The van der Waals surface area contributed by atoms with Crippen LogP contribution in [-0.4, -0.2) is 23.3 Å². The number of carbonyl (C=O) groups excluding carboxylic acids is 1. The Bertz CT molecular complexity index is 464. The van der Waals surface area contributed by atoms with Crippen LogP contribution in [0.25, 0.3) is 0 Å². The fraction of sp³-hybridized carbons (Fsp3) is 0.429. The van der Waals surface area contributed by atoms with Gasteiger partial charge in [0.25, 0.3) is 0 Å². The number of hydrogen-bond donors (Lipinski definition) is 2. The van der Waals surface area contributed by atoms with Gasteiger partial charge in [0, 0.05) is 6.54 Å². The third-order valence-electron chi connectivity index (χ3n) is 3.35. The standard InChI is InChI=1S/C14H19N3O/c1-4-17-12(13(15)16-14(17)18)11-7-5-10(6-8-11)9(2)3/h5-9,12H,4H2,1-3H3,(H2,15,16,18). The van der Waals surface area contributed by atoms with E-state index in [-0.39, 0.29) is 17.9 Å². The molecule has 2 amide bonds. The van der Waals surface area contributed by atoms with E-state index >= 15 is 0 Å². The quantitative estimate of drug-likeness (QED) is 0.845. The normalized spacial score (nSPS) is 19.6. The summed E-state index contributed by atoms with van der Waals surface area (Å²) >= 11 is 0. The Hall–Kier alpha value is -1.84. The van der Waals surface area contributed by atoms with Crippen molar-refractivity contribution in [1.29, 1.82) is 5.41 Å². The lowest BCUT2D eigenvalue weighted by atomic mass is 9.98. The van der Waals surface area contributed by atoms with Gasteiger partial charge in [0.05, 0.1) is 0 Å². The van der Waals surface area contributed by atoms with Crippen LogP contribution < -0.4 is 5.32 Å². The smallest absolute Gasteiger partial charge is 0.310 e. The molecule has 1 unspecified atom stereocenters. The van der Waals surface area contributed by atoms with Gasteiger partial charge in [-0.05, 0) is 24.0 Å². The highest BCUT2D eigenvalue weighted by Crippen LogP contribution is 2.26. The van der Waals surface area contributed by atoms with Gasteiger partial charge in [-0.2, -0.15) is 0 Å². The summed E-state index contributed by atoms with van der Waals surface area (Å²) in [7, 11) is 0. The number of carbonyl (C=O) groups is 1. The monoisotopic (exact) mass is 245 g/mol. The lowest BCUT2D eigenvalue weighted by molar-refractivity contribution is 0.209. The Morgan fingerprint density at radius 2 is 1.94 bits per heavy atom. The molecule has 2 N–H and O–H groups in total. The molecular weight excluding hydrogens is 226 g/mol. The lowest BCUT2D eigenvalue weighted by Gasteiger charge is -2.21. The first kappa shape index (κ1) is 12.6. The number of rotatable bonds is 3. The average Bonchev–Trinajstić information content (AvgIpc) is 2.63. The maximum absolute atomic E-state index is 11.6. The molecule has 1 aromatic rings. The van der Waals surface area contributed by atoms with E-state index in [1.54, 1.807) is 4.90 Å². The van der Waals surface area contributed by atoms with E-state index < -0.39 is 0 Å². The minimum Gasteiger partial charge on any atom is -0.310 e. The predicted octanol–water partition coefficient (Wildman–Crippen LogP) is 2.87. The van der Waals surface area contributed by atoms with E-state index in [0.29, 0.717) is 12.5 Å². The first-order valence-electron chi connectivity index (χ1n) is 6.30. The molecule has 96 valence electrons. The molecule has 1 saturated heterocycles. The first-order valence-corrected chi connectivity index (χ1v) is 6.30. The maximum atomic E-state index is 11.6. The molecule has 0 aromatic heterocycles. The van der Waals surface area contributed by atoms with E-state index in [0.717, 1.165) is 5.56 Å². The van der Waals surface area contributed by atoms with Crippen LogP contribution in [0.5, 0.6) is 0 Å². The molecule has 1 fully saturated rings. The van der Waals surface area contributed by atoms with Crippen molar-refractivity contribution in [2.24, 2.45) is 0 Å². The predicted molar refractivity (Wildman–Crippen MR) is 71.9 cm³/mol. The van der Waals surface area contributed by atoms with Gasteiger partial charge in [0.15, 0.2) is 0 Å². The second kappa shape index (κ2) is 4.80. The summed E-state index contributed by atoms with van der Waals surface area (Å²) in [5, 5.41) is 10.4. The summed E-state index contributed by atoms with van der Waals surface area (Å²) in [5.74, 6) is 0.753. The van der Waals surface area contributed by atoms with Crippen molar-refractivity contribution >= 4 is 11.9 Å². The average molecular weight is 245 g/mol. The van der Waals surface area contributed by atoms with Crippen LogP contribution in [0.2, 0.25) is 0 Å². The fourth-order valence-corrected chi connectivity index (χ4v) is 2.26. The van der Waals surface area contributed by atoms with E-state index in [9.17, 15) is 4.79 Å². The molecule has 0 radical (unpaired) electrons. The third kappa shape index (κ3) is 2.10. The molecule has 4 heteroatoms. The molecule has 1 heterocycles. The molecule has 0 saturated carbocycles. The van der Waals surface area contributed by atoms with E-state index in [1.807, 2.05) is 19.1 Å². The van der Waals surface area contributed by atoms with Crippen LogP contribution in [0, 0.1) is 5.41 Å². The molecule has 2 rings (SSSR count). The van der Waals surface area contributed by atoms with Crippen LogP contribution in [0.3, 0.4) is 0 Å². The third-order valence-corrected chi connectivity index (χ3v) is 3.35. The van der Waals surface area contributed by atoms with Gasteiger partial charge in [0.2, 0.25) is 0 Å². The molecule has 0 aliphatic carbocycles. The number of benzene rings is 1. The topological polar surface area (TPSA) is 56.2 Å². The molecule has 1 aliphatic heterocycles. The Morgan fingerprint density at radius 1 is 1.33 bits per heavy atom. The van der Waals surface area contributed by atoms with Gasteiger partial charge >= 0.3 is 6.03 Å². The number of urea groups is 1. The zero-order chi connectivity index (χ0) is 13.3. The van der Waals surface area contributed by atoms with Gasteiger partial charge < -0.3 is 4.90 Å². The number of nitrogens with one attached hydrogen (secondary N) is 2. The van der Waals surface area contributed by atoms with Crippen molar-refractivity contribution in [2.45, 2.75) is 32.7 Å². The Balaban J connectivity index is 2.30. The molecule has 18 heavy (non-hydrogen) atoms. The van der Waals surface area contributed by atoms with Gasteiger partial charge in [0.1, 0.15) is 11.9 Å². The van der Waals surface area contributed by atoms with Crippen molar-refractivity contribution in [3.05, 3.63) is 35.4 Å². The summed E-state index contributed by atoms with van der Waals surface area (Å²) in [5.41, 5.74) is 2.26. The van der Waals surface area contributed by atoms with Gasteiger partial charge in [-0.1, -0.05) is 38.1 Å². The van der Waals surface area contributed by atoms with Crippen molar-refractivity contribution in [3.63, 3.8) is 0 Å². The number of nitrogens with zero attached hydrogens (tertiary/aromatic N) is 1. The summed E-state index contributed by atoms with van der Waals surface area (Å²) < 4.78 is 0. The molecule has 0 spiro atoms. The van der Waals surface area contributed by atoms with Gasteiger partial charge in [-0.3, -0.25) is 10.7 Å². The second-order valence-corrected chi connectivity index (χ2v) is 4.85. The fourth-order valence-electron chi connectivity index (χ4n) is 2.26. The zero-order valence-electron chi connectivity index (χ0n) is 11.0. The summed E-state index contributed by atoms with van der Waals surface area (Å²) in [4.78, 5) is 13.3. The summed E-state index contributed by atoms with van der Waals surface area (Å²) in [6.07, 6.45) is 0. The van der Waals surface area contributed by atoms with Crippen molar-refractivity contribution in [3.8, 4) is 0 Å². The molecule has 1 aromatic carbocycles. The molecule has 4 nitrogen and oxygen atoms in total. The van der Waals surface area contributed by atoms with Crippen molar-refractivity contribution in [2.75, 3.05) is 6.54 Å². The number of likely N-dealkylation sites (N-methyl/N-ethyl adjacent to an activating group) is 1. The highest BCUT2D eigenvalue weighted by molar-refractivity contribution is 6.05. The van der Waals surface area contributed by atoms with Crippen LogP contribution in [0.4, 0.5) is 4.79 Å². The SMILES string of the molecule is CCN1C(=O)NC(=N)C1c1ccc(C(C)C)cc1. The lowest BCUT2D eigenvalue weighted by Crippen LogP contribution is -2.29. The second-order valence-electron chi connectivity index (χ2n) is 4.85. The van der Waals surface area contributed by atoms with Gasteiger partial charge in [-0.15, -0.1) is 0 Å². The minimum atomic E-state index is -0.260. The number of hydrogen-bond acceptors (Lipinski definition) is 2. The van der Waals surface area contributed by atoms with E-state index in [4.69, 9.17) is 5.41 Å². The van der Waals surface area contributed by atoms with Crippen molar-refractivity contribution < 1.29 is 4.79 Å². The van der Waals surface area contributed by atoms with Crippen LogP contribution in [-0.2, 0) is 0 Å². The zero-order valence-corrected chi connectivity index (χ0v) is 11.0. The van der Waals surface area contributed by atoms with Crippen LogP contribution in [0.1, 0.15) is 43.9 Å². The highest BCUT2D eigenvalue weighted by Gasteiger charge is 2.35. The van der Waals surface area contributed by atoms with E-state index in [2.05, 4.69) is 31.3 Å². The molecule has 0 bridgehead atoms. The first-order chi connectivity index (χ1) is 8.54. The Labute approximate surface area is 108 Å². The van der Waals surface area contributed by atoms with E-state index in [1.165, 1.54) is 5.56 Å². The molecule has 1 atom stereocenters. The molecular formula is C14H19N3O. The minimum absolute atomic E-state index is 0.180. The summed E-state index contributed by atoms with van der Waals surface area (Å²) in [6.45, 7) is 6.82. The van der Waals surface area contributed by atoms with Crippen molar-refractivity contribution in [1.82, 2.24) is 10.2 Å². The van der Waals surface area contributed by atoms with Crippen LogP contribution in [0.15, 0.2) is 24.3 Å². The van der Waals surface area contributed by atoms with Crippen LogP contribution >= 0.6 is 0 Å². The number of amides is 2. The largest absolute Gasteiger partial charge is 0.323 e. The Morgan fingerprint density at radius 3 is 2.44 bits per heavy atom. The Kier molecular flexibility index (Phi) is 3.36. The van der Waals surface area contributed by atoms with Gasteiger partial charge in [-0.25, -0.2) is 4.79 Å². The maximum Gasteiger partial charge on any atom is 0.323 e.